The number of aromatic hydroxyl groups is 1. The Morgan fingerprint density at radius 2 is 1.11 bits per heavy atom. The zero-order valence-electron chi connectivity index (χ0n) is 22.2. The molecule has 0 aromatic heterocycles. The summed E-state index contributed by atoms with van der Waals surface area (Å²) >= 11 is 0. The molecule has 0 aliphatic rings. The summed E-state index contributed by atoms with van der Waals surface area (Å²) in [5, 5.41) is 32.3. The van der Waals surface area contributed by atoms with Crippen LogP contribution in [-0.4, -0.2) is 21.3 Å². The SMILES string of the molecule is CCCCCCCc1c(CCCCCCC)c(OC(=O)O)c(O)c([N+](=O)[O-])c1CCCCCCC. The molecule has 0 aliphatic heterocycles. The number of hydrogen-bond donors (Lipinski definition) is 2. The van der Waals surface area contributed by atoms with Crippen LogP contribution in [0.3, 0.4) is 0 Å². The van der Waals surface area contributed by atoms with E-state index in [0.29, 0.717) is 30.4 Å². The van der Waals surface area contributed by atoms with Crippen molar-refractivity contribution in [3.63, 3.8) is 0 Å². The van der Waals surface area contributed by atoms with Gasteiger partial charge in [-0.1, -0.05) is 97.8 Å². The third kappa shape index (κ3) is 10.9. The Bertz CT molecular complexity index is 777. The van der Waals surface area contributed by atoms with Gasteiger partial charge in [-0.05, 0) is 44.1 Å². The van der Waals surface area contributed by atoms with Crippen LogP contribution in [-0.2, 0) is 19.3 Å². The van der Waals surface area contributed by atoms with Crippen LogP contribution in [0.15, 0.2) is 0 Å². The lowest BCUT2D eigenvalue weighted by Gasteiger charge is -2.20. The fourth-order valence-electron chi connectivity index (χ4n) is 4.80. The summed E-state index contributed by atoms with van der Waals surface area (Å²) in [6, 6.07) is 0. The van der Waals surface area contributed by atoms with E-state index in [1.165, 1.54) is 0 Å². The number of nitro benzene ring substituents is 1. The highest BCUT2D eigenvalue weighted by Gasteiger charge is 2.32. The molecule has 200 valence electrons. The number of nitrogens with zero attached hydrogens (tertiary/aromatic N) is 1. The molecule has 7 heteroatoms. The number of phenols is 1. The van der Waals surface area contributed by atoms with Crippen molar-refractivity contribution in [1.29, 1.82) is 0 Å². The Hall–Kier alpha value is -2.31. The number of nitro groups is 1. The number of carbonyl (C=O) groups is 1. The molecule has 7 nitrogen and oxygen atoms in total. The van der Waals surface area contributed by atoms with Crippen LogP contribution in [0.5, 0.6) is 11.5 Å². The topological polar surface area (TPSA) is 110 Å². The molecule has 0 spiro atoms. The van der Waals surface area contributed by atoms with Crippen LogP contribution in [0.4, 0.5) is 10.5 Å². The number of rotatable bonds is 20. The molecule has 0 heterocycles. The predicted molar refractivity (Wildman–Crippen MR) is 141 cm³/mol. The van der Waals surface area contributed by atoms with Crippen molar-refractivity contribution in [3.8, 4) is 11.5 Å². The normalized spacial score (nSPS) is 11.1. The summed E-state index contributed by atoms with van der Waals surface area (Å²) in [5.74, 6) is -0.878. The highest BCUT2D eigenvalue weighted by Crippen LogP contribution is 2.46. The summed E-state index contributed by atoms with van der Waals surface area (Å²) < 4.78 is 5.01. The Balaban J connectivity index is 3.44. The number of carboxylic acid groups (broad SMARTS) is 1. The van der Waals surface area contributed by atoms with Gasteiger partial charge in [0.2, 0.25) is 5.75 Å². The van der Waals surface area contributed by atoms with Crippen molar-refractivity contribution in [2.45, 2.75) is 136 Å². The lowest BCUT2D eigenvalue weighted by molar-refractivity contribution is -0.386. The highest BCUT2D eigenvalue weighted by atomic mass is 16.7. The van der Waals surface area contributed by atoms with Gasteiger partial charge in [0.25, 0.3) is 0 Å². The molecule has 35 heavy (non-hydrogen) atoms. The first-order chi connectivity index (χ1) is 16.9. The minimum Gasteiger partial charge on any atom is -0.499 e. The van der Waals surface area contributed by atoms with Crippen LogP contribution >= 0.6 is 0 Å². The van der Waals surface area contributed by atoms with Gasteiger partial charge >= 0.3 is 11.8 Å². The molecule has 0 bridgehead atoms. The monoisotopic (exact) mass is 493 g/mol. The first kappa shape index (κ1) is 30.7. The maximum absolute atomic E-state index is 12.1. The third-order valence-corrected chi connectivity index (χ3v) is 6.69. The first-order valence-electron chi connectivity index (χ1n) is 13.8. The van der Waals surface area contributed by atoms with Crippen LogP contribution in [0, 0.1) is 10.1 Å². The van der Waals surface area contributed by atoms with Gasteiger partial charge in [-0.15, -0.1) is 0 Å². The van der Waals surface area contributed by atoms with E-state index >= 15 is 0 Å². The molecule has 1 aromatic rings. The van der Waals surface area contributed by atoms with Crippen molar-refractivity contribution in [2.24, 2.45) is 0 Å². The summed E-state index contributed by atoms with van der Waals surface area (Å²) in [4.78, 5) is 23.0. The average molecular weight is 494 g/mol. The molecular weight excluding hydrogens is 446 g/mol. The van der Waals surface area contributed by atoms with Crippen LogP contribution in [0.2, 0.25) is 0 Å². The van der Waals surface area contributed by atoms with E-state index in [2.05, 4.69) is 20.8 Å². The number of hydrogen-bond acceptors (Lipinski definition) is 5. The molecule has 1 aromatic carbocycles. The number of phenolic OH excluding ortho intramolecular Hbond substituents is 1. The predicted octanol–water partition coefficient (Wildman–Crippen LogP) is 8.90. The largest absolute Gasteiger partial charge is 0.511 e. The number of benzene rings is 1. The Labute approximate surface area is 211 Å². The van der Waals surface area contributed by atoms with Gasteiger partial charge < -0.3 is 14.9 Å². The molecule has 0 saturated heterocycles. The minimum atomic E-state index is -1.57. The standard InChI is InChI=1S/C28H47NO6/c1-4-7-10-13-16-19-22-23(20-17-14-11-8-5-2)25(29(33)34)26(30)27(35-28(31)32)24(22)21-18-15-12-9-6-3/h30H,4-21H2,1-3H3,(H,31,32). The number of unbranched alkanes of at least 4 members (excludes halogenated alkanes) is 12. The fourth-order valence-corrected chi connectivity index (χ4v) is 4.80. The fraction of sp³-hybridized carbons (Fsp3) is 0.750. The smallest absolute Gasteiger partial charge is 0.499 e. The molecule has 0 unspecified atom stereocenters. The zero-order chi connectivity index (χ0) is 26.1. The quantitative estimate of drug-likeness (QED) is 0.0617. The molecule has 2 N–H and O–H groups in total. The van der Waals surface area contributed by atoms with Crippen LogP contribution in [0.1, 0.15) is 134 Å². The van der Waals surface area contributed by atoms with E-state index in [1.807, 2.05) is 0 Å². The van der Waals surface area contributed by atoms with Crippen LogP contribution in [0.25, 0.3) is 0 Å². The second-order valence-corrected chi connectivity index (χ2v) is 9.58. The average Bonchev–Trinajstić information content (AvgIpc) is 2.81. The Morgan fingerprint density at radius 1 is 0.714 bits per heavy atom. The van der Waals surface area contributed by atoms with E-state index in [0.717, 1.165) is 102 Å². The van der Waals surface area contributed by atoms with Gasteiger partial charge in [0.15, 0.2) is 5.75 Å². The minimum absolute atomic E-state index is 0.238. The zero-order valence-corrected chi connectivity index (χ0v) is 22.2. The van der Waals surface area contributed by atoms with E-state index in [9.17, 15) is 25.1 Å². The van der Waals surface area contributed by atoms with Gasteiger partial charge in [-0.25, -0.2) is 4.79 Å². The van der Waals surface area contributed by atoms with Crippen molar-refractivity contribution in [3.05, 3.63) is 26.8 Å². The highest BCUT2D eigenvalue weighted by molar-refractivity contribution is 5.72. The van der Waals surface area contributed by atoms with Crippen LogP contribution < -0.4 is 4.74 Å². The van der Waals surface area contributed by atoms with E-state index < -0.39 is 16.8 Å². The van der Waals surface area contributed by atoms with Gasteiger partial charge in [0.05, 0.1) is 4.92 Å². The Kier molecular flexibility index (Phi) is 15.8. The maximum Gasteiger partial charge on any atom is 0.511 e. The summed E-state index contributed by atoms with van der Waals surface area (Å²) in [5.41, 5.74) is 1.66. The lowest BCUT2D eigenvalue weighted by Crippen LogP contribution is -2.12. The molecule has 0 saturated carbocycles. The molecule has 0 fully saturated rings. The van der Waals surface area contributed by atoms with Crippen molar-refractivity contribution < 1.29 is 24.7 Å². The van der Waals surface area contributed by atoms with Crippen molar-refractivity contribution in [2.75, 3.05) is 0 Å². The number of ether oxygens (including phenoxy) is 1. The second kappa shape index (κ2) is 18.0. The first-order valence-corrected chi connectivity index (χ1v) is 13.8. The summed E-state index contributed by atoms with van der Waals surface area (Å²) in [6.07, 6.45) is 15.7. The third-order valence-electron chi connectivity index (χ3n) is 6.69. The molecule has 0 atom stereocenters. The lowest BCUT2D eigenvalue weighted by atomic mass is 9.87. The molecule has 0 aliphatic carbocycles. The summed E-state index contributed by atoms with van der Waals surface area (Å²) in [6.45, 7) is 6.45. The van der Waals surface area contributed by atoms with Gasteiger partial charge in [-0.2, -0.15) is 0 Å². The summed E-state index contributed by atoms with van der Waals surface area (Å²) in [7, 11) is 0. The maximum atomic E-state index is 12.1. The van der Waals surface area contributed by atoms with Gasteiger partial charge in [-0.3, -0.25) is 10.1 Å². The van der Waals surface area contributed by atoms with Gasteiger partial charge in [0.1, 0.15) is 0 Å². The molecule has 0 radical (unpaired) electrons. The van der Waals surface area contributed by atoms with Gasteiger partial charge in [0, 0.05) is 11.1 Å². The molecular formula is C28H47NO6. The second-order valence-electron chi connectivity index (χ2n) is 9.58. The Morgan fingerprint density at radius 3 is 1.51 bits per heavy atom. The van der Waals surface area contributed by atoms with E-state index in [1.54, 1.807) is 0 Å². The van der Waals surface area contributed by atoms with E-state index in [-0.39, 0.29) is 11.4 Å². The molecule has 1 rings (SSSR count). The van der Waals surface area contributed by atoms with Crippen molar-refractivity contribution >= 4 is 11.8 Å². The van der Waals surface area contributed by atoms with E-state index in [4.69, 9.17) is 4.74 Å². The van der Waals surface area contributed by atoms with Crippen molar-refractivity contribution in [1.82, 2.24) is 0 Å². The molecule has 0 amide bonds.